The third-order valence-electron chi connectivity index (χ3n) is 3.39. The molecule has 0 saturated heterocycles. The van der Waals surface area contributed by atoms with Gasteiger partial charge in [-0.05, 0) is 24.3 Å². The van der Waals surface area contributed by atoms with E-state index in [0.29, 0.717) is 0 Å². The highest BCUT2D eigenvalue weighted by Gasteiger charge is 2.17. The summed E-state index contributed by atoms with van der Waals surface area (Å²) in [7, 11) is 0. The summed E-state index contributed by atoms with van der Waals surface area (Å²) in [6.45, 7) is 12.2. The Hall–Kier alpha value is -1.84. The fraction of sp³-hybridized carbons (Fsp3) is 0.619. The van der Waals surface area contributed by atoms with Crippen LogP contribution in [0.1, 0.15) is 71.9 Å². The van der Waals surface area contributed by atoms with Crippen molar-refractivity contribution in [2.45, 2.75) is 66.3 Å². The molecule has 0 aliphatic carbocycles. The van der Waals surface area contributed by atoms with Crippen molar-refractivity contribution < 1.29 is 9.59 Å². The lowest BCUT2D eigenvalue weighted by Crippen LogP contribution is -2.43. The summed E-state index contributed by atoms with van der Waals surface area (Å²) < 4.78 is 0. The molecule has 0 aliphatic heterocycles. The van der Waals surface area contributed by atoms with Crippen molar-refractivity contribution in [2.24, 2.45) is 5.92 Å². The van der Waals surface area contributed by atoms with E-state index in [0.717, 1.165) is 56.5 Å². The van der Waals surface area contributed by atoms with Gasteiger partial charge in [0.1, 0.15) is 12.3 Å². The Kier molecular flexibility index (Phi) is 13.4. The van der Waals surface area contributed by atoms with E-state index in [1.807, 2.05) is 30.3 Å². The van der Waals surface area contributed by atoms with Crippen molar-refractivity contribution >= 4 is 12.3 Å². The van der Waals surface area contributed by atoms with Crippen molar-refractivity contribution in [2.75, 3.05) is 13.1 Å². The maximum absolute atomic E-state index is 12.3. The van der Waals surface area contributed by atoms with Gasteiger partial charge < -0.3 is 15.0 Å². The van der Waals surface area contributed by atoms with Crippen LogP contribution in [-0.4, -0.2) is 30.3 Å². The van der Waals surface area contributed by atoms with Crippen molar-refractivity contribution in [1.29, 1.82) is 0 Å². The molecular formula is C21H36N2O2. The minimum atomic E-state index is -0.579. The molecule has 0 bridgehead atoms. The molecule has 0 fully saturated rings. The highest BCUT2D eigenvalue weighted by molar-refractivity contribution is 5.78. The first-order chi connectivity index (χ1) is 12.0. The normalized spacial score (nSPS) is 11.3. The molecule has 0 spiro atoms. The molecule has 0 saturated carbocycles. The molecule has 1 aromatic rings. The number of carbonyl (C=O) groups is 2. The number of urea groups is 1. The number of unbranched alkanes of at least 4 members (excludes halogenated alkanes) is 2. The zero-order valence-corrected chi connectivity index (χ0v) is 16.6. The number of amides is 2. The van der Waals surface area contributed by atoms with Gasteiger partial charge in [0.2, 0.25) is 0 Å². The van der Waals surface area contributed by atoms with Crippen molar-refractivity contribution in [1.82, 2.24) is 10.2 Å². The fourth-order valence-corrected chi connectivity index (χ4v) is 2.22. The zero-order chi connectivity index (χ0) is 19.1. The lowest BCUT2D eigenvalue weighted by molar-refractivity contribution is -0.109. The SMILES string of the molecule is CC(C)C.CCCCCN(CCC)C(=O)NC(C=O)c1ccccc1. The quantitative estimate of drug-likeness (QED) is 0.492. The van der Waals surface area contributed by atoms with Crippen LogP contribution in [0.3, 0.4) is 0 Å². The van der Waals surface area contributed by atoms with Gasteiger partial charge in [-0.25, -0.2) is 4.79 Å². The van der Waals surface area contributed by atoms with Gasteiger partial charge >= 0.3 is 6.03 Å². The molecule has 1 atom stereocenters. The van der Waals surface area contributed by atoms with E-state index in [4.69, 9.17) is 0 Å². The van der Waals surface area contributed by atoms with Crippen LogP contribution in [0, 0.1) is 5.92 Å². The second kappa shape index (κ2) is 14.5. The van der Waals surface area contributed by atoms with E-state index < -0.39 is 6.04 Å². The first-order valence-electron chi connectivity index (χ1n) is 9.51. The molecule has 1 aromatic carbocycles. The number of hydrogen-bond donors (Lipinski definition) is 1. The number of rotatable bonds is 9. The molecule has 0 heterocycles. The first-order valence-corrected chi connectivity index (χ1v) is 9.51. The van der Waals surface area contributed by atoms with E-state index in [1.54, 1.807) is 4.90 Å². The third kappa shape index (κ3) is 11.4. The summed E-state index contributed by atoms with van der Waals surface area (Å²) in [4.78, 5) is 25.4. The van der Waals surface area contributed by atoms with E-state index in [1.165, 1.54) is 0 Å². The molecule has 25 heavy (non-hydrogen) atoms. The monoisotopic (exact) mass is 348 g/mol. The molecule has 1 N–H and O–H groups in total. The second-order valence-corrected chi connectivity index (χ2v) is 6.90. The van der Waals surface area contributed by atoms with Crippen LogP contribution < -0.4 is 5.32 Å². The predicted octanol–water partition coefficient (Wildman–Crippen LogP) is 5.20. The molecule has 4 heteroatoms. The smallest absolute Gasteiger partial charge is 0.318 e. The molecule has 2 amide bonds. The largest absolute Gasteiger partial charge is 0.325 e. The van der Waals surface area contributed by atoms with Gasteiger partial charge in [-0.3, -0.25) is 0 Å². The molecule has 1 unspecified atom stereocenters. The van der Waals surface area contributed by atoms with E-state index in [-0.39, 0.29) is 6.03 Å². The van der Waals surface area contributed by atoms with E-state index in [2.05, 4.69) is 39.9 Å². The van der Waals surface area contributed by atoms with Crippen LogP contribution in [0.2, 0.25) is 0 Å². The lowest BCUT2D eigenvalue weighted by atomic mass is 10.1. The molecule has 0 aliphatic rings. The number of aldehydes is 1. The maximum Gasteiger partial charge on any atom is 0.318 e. The van der Waals surface area contributed by atoms with Gasteiger partial charge in [0.05, 0.1) is 0 Å². The Morgan fingerprint density at radius 1 is 1.04 bits per heavy atom. The molecule has 4 nitrogen and oxygen atoms in total. The van der Waals surface area contributed by atoms with Crippen LogP contribution in [0.4, 0.5) is 4.79 Å². The van der Waals surface area contributed by atoms with Crippen molar-refractivity contribution in [3.05, 3.63) is 35.9 Å². The van der Waals surface area contributed by atoms with Crippen LogP contribution >= 0.6 is 0 Å². The summed E-state index contributed by atoms with van der Waals surface area (Å²) in [5, 5.41) is 2.81. The summed E-state index contributed by atoms with van der Waals surface area (Å²) in [5.41, 5.74) is 0.811. The van der Waals surface area contributed by atoms with E-state index in [9.17, 15) is 9.59 Å². The number of carbonyl (C=O) groups excluding carboxylic acids is 2. The average Bonchev–Trinajstić information content (AvgIpc) is 2.59. The Labute approximate surface area is 154 Å². The maximum atomic E-state index is 12.3. The Morgan fingerprint density at radius 3 is 2.12 bits per heavy atom. The van der Waals surface area contributed by atoms with Gasteiger partial charge in [-0.1, -0.05) is 77.8 Å². The average molecular weight is 349 g/mol. The minimum Gasteiger partial charge on any atom is -0.325 e. The van der Waals surface area contributed by atoms with Gasteiger partial charge in [0.25, 0.3) is 0 Å². The first kappa shape index (κ1) is 23.2. The summed E-state index contributed by atoms with van der Waals surface area (Å²) in [6, 6.07) is 8.58. The van der Waals surface area contributed by atoms with Crippen molar-refractivity contribution in [3.8, 4) is 0 Å². The minimum absolute atomic E-state index is 0.158. The molecular weight excluding hydrogens is 312 g/mol. The van der Waals surface area contributed by atoms with Crippen LogP contribution in [0.5, 0.6) is 0 Å². The molecule has 0 aromatic heterocycles. The Morgan fingerprint density at radius 2 is 1.64 bits per heavy atom. The topological polar surface area (TPSA) is 49.4 Å². The Bertz CT molecular complexity index is 457. The third-order valence-corrected chi connectivity index (χ3v) is 3.39. The number of nitrogens with zero attached hydrogens (tertiary/aromatic N) is 1. The molecule has 142 valence electrons. The van der Waals surface area contributed by atoms with Crippen LogP contribution in [0.15, 0.2) is 30.3 Å². The van der Waals surface area contributed by atoms with Crippen molar-refractivity contribution in [3.63, 3.8) is 0 Å². The fourth-order valence-electron chi connectivity index (χ4n) is 2.22. The number of nitrogens with one attached hydrogen (secondary N) is 1. The van der Waals surface area contributed by atoms with E-state index >= 15 is 0 Å². The second-order valence-electron chi connectivity index (χ2n) is 6.90. The summed E-state index contributed by atoms with van der Waals surface area (Å²) in [6.07, 6.45) is 4.94. The zero-order valence-electron chi connectivity index (χ0n) is 16.6. The standard InChI is InChI=1S/C17H26N2O2.C4H10/c1-3-5-9-13-19(12-4-2)17(21)18-16(14-20)15-10-7-6-8-11-15;1-4(2)3/h6-8,10-11,14,16H,3-5,9,12-13H2,1-2H3,(H,18,21);4H,1-3H3. The number of hydrogen-bond acceptors (Lipinski definition) is 2. The molecule has 0 radical (unpaired) electrons. The Balaban J connectivity index is 0.00000129. The van der Waals surface area contributed by atoms with Gasteiger partial charge in [-0.15, -0.1) is 0 Å². The highest BCUT2D eigenvalue weighted by Crippen LogP contribution is 2.11. The van der Waals surface area contributed by atoms with Gasteiger partial charge in [0, 0.05) is 13.1 Å². The van der Waals surface area contributed by atoms with Gasteiger partial charge in [-0.2, -0.15) is 0 Å². The van der Waals surface area contributed by atoms with Gasteiger partial charge in [0.15, 0.2) is 0 Å². The highest BCUT2D eigenvalue weighted by atomic mass is 16.2. The molecule has 1 rings (SSSR count). The van der Waals surface area contributed by atoms with Crippen LogP contribution in [-0.2, 0) is 4.79 Å². The summed E-state index contributed by atoms with van der Waals surface area (Å²) >= 11 is 0. The summed E-state index contributed by atoms with van der Waals surface area (Å²) in [5.74, 6) is 0.833. The number of benzene rings is 1. The lowest BCUT2D eigenvalue weighted by Gasteiger charge is -2.24. The predicted molar refractivity (Wildman–Crippen MR) is 106 cm³/mol. The van der Waals surface area contributed by atoms with Crippen LogP contribution in [0.25, 0.3) is 0 Å².